The minimum absolute atomic E-state index is 0.132. The summed E-state index contributed by atoms with van der Waals surface area (Å²) in [6.07, 6.45) is 2.10. The number of carbonyl (C=O) groups is 1. The fourth-order valence-electron chi connectivity index (χ4n) is 2.32. The molecule has 0 N–H and O–H groups in total. The van der Waals surface area contributed by atoms with Crippen LogP contribution in [0.5, 0.6) is 11.5 Å². The Kier molecular flexibility index (Phi) is 4.21. The van der Waals surface area contributed by atoms with Crippen molar-refractivity contribution in [2.75, 3.05) is 14.2 Å². The van der Waals surface area contributed by atoms with Crippen molar-refractivity contribution in [1.29, 1.82) is 0 Å². The van der Waals surface area contributed by atoms with E-state index in [9.17, 15) is 14.9 Å². The van der Waals surface area contributed by atoms with E-state index in [1.54, 1.807) is 18.2 Å². The molecule has 3 rings (SSSR count). The van der Waals surface area contributed by atoms with Crippen molar-refractivity contribution >= 4 is 12.2 Å². The number of carbonyl (C=O) groups excluding carboxylic acids is 1. The molecule has 2 heterocycles. The minimum atomic E-state index is -0.657. The molecule has 0 bridgehead atoms. The molecule has 9 heteroatoms. The highest BCUT2D eigenvalue weighted by Gasteiger charge is 2.19. The number of benzene rings is 1. The SMILES string of the molecule is COc1ccc(-n2cc(C=O)c(-c3ccc([N+](=O)[O-])o3)n2)cc1OC. The highest BCUT2D eigenvalue weighted by Crippen LogP contribution is 2.31. The summed E-state index contributed by atoms with van der Waals surface area (Å²) in [7, 11) is 3.03. The quantitative estimate of drug-likeness (QED) is 0.384. The van der Waals surface area contributed by atoms with Crippen LogP contribution < -0.4 is 9.47 Å². The van der Waals surface area contributed by atoms with Crippen molar-refractivity contribution in [2.45, 2.75) is 0 Å². The maximum absolute atomic E-state index is 11.3. The van der Waals surface area contributed by atoms with Gasteiger partial charge in [-0.15, -0.1) is 0 Å². The van der Waals surface area contributed by atoms with Crippen LogP contribution in [0.25, 0.3) is 17.1 Å². The molecule has 0 radical (unpaired) electrons. The van der Waals surface area contributed by atoms with Crippen LogP contribution in [0.2, 0.25) is 0 Å². The lowest BCUT2D eigenvalue weighted by Crippen LogP contribution is -1.97. The molecule has 9 nitrogen and oxygen atoms in total. The summed E-state index contributed by atoms with van der Waals surface area (Å²) >= 11 is 0. The highest BCUT2D eigenvalue weighted by atomic mass is 16.6. The van der Waals surface area contributed by atoms with Crippen LogP contribution in [0.1, 0.15) is 10.4 Å². The van der Waals surface area contributed by atoms with E-state index in [0.29, 0.717) is 23.5 Å². The average Bonchev–Trinajstić information content (AvgIpc) is 3.27. The molecule has 1 aromatic carbocycles. The zero-order chi connectivity index (χ0) is 18.0. The standard InChI is InChI=1S/C16H13N3O6/c1-23-12-4-3-11(7-14(12)24-2)18-8-10(9-20)16(17-18)13-5-6-15(25-13)19(21)22/h3-9H,1-2H3. The van der Waals surface area contributed by atoms with E-state index in [1.807, 2.05) is 0 Å². The summed E-state index contributed by atoms with van der Waals surface area (Å²) in [6.45, 7) is 0. The van der Waals surface area contributed by atoms with E-state index in [1.165, 1.54) is 37.2 Å². The molecule has 0 unspecified atom stereocenters. The Balaban J connectivity index is 2.06. The number of aldehydes is 1. The molecule has 25 heavy (non-hydrogen) atoms. The van der Waals surface area contributed by atoms with E-state index in [-0.39, 0.29) is 17.0 Å². The van der Waals surface area contributed by atoms with Gasteiger partial charge in [0.15, 0.2) is 23.5 Å². The first-order chi connectivity index (χ1) is 12.1. The molecular weight excluding hydrogens is 330 g/mol. The fourth-order valence-corrected chi connectivity index (χ4v) is 2.32. The first kappa shape index (κ1) is 16.2. The van der Waals surface area contributed by atoms with Gasteiger partial charge in [0.25, 0.3) is 0 Å². The van der Waals surface area contributed by atoms with Crippen molar-refractivity contribution in [3.63, 3.8) is 0 Å². The normalized spacial score (nSPS) is 10.5. The van der Waals surface area contributed by atoms with E-state index in [0.717, 1.165) is 0 Å². The van der Waals surface area contributed by atoms with Gasteiger partial charge in [0.2, 0.25) is 0 Å². The van der Waals surface area contributed by atoms with E-state index in [2.05, 4.69) is 5.10 Å². The average molecular weight is 343 g/mol. The molecule has 0 aliphatic heterocycles. The van der Waals surface area contributed by atoms with Gasteiger partial charge in [0.05, 0.1) is 31.5 Å². The van der Waals surface area contributed by atoms with Crippen LogP contribution >= 0.6 is 0 Å². The number of furan rings is 1. The van der Waals surface area contributed by atoms with Crippen LogP contribution in [0.15, 0.2) is 40.9 Å². The zero-order valence-electron chi connectivity index (χ0n) is 13.3. The topological polar surface area (TPSA) is 110 Å². The lowest BCUT2D eigenvalue weighted by atomic mass is 10.2. The van der Waals surface area contributed by atoms with Crippen LogP contribution in [0.3, 0.4) is 0 Å². The number of rotatable bonds is 6. The molecule has 0 saturated heterocycles. The largest absolute Gasteiger partial charge is 0.493 e. The van der Waals surface area contributed by atoms with Crippen molar-refractivity contribution in [1.82, 2.24) is 9.78 Å². The predicted molar refractivity (Wildman–Crippen MR) is 86.4 cm³/mol. The third-order valence-electron chi connectivity index (χ3n) is 3.51. The Morgan fingerprint density at radius 2 is 1.96 bits per heavy atom. The number of aromatic nitrogens is 2. The third-order valence-corrected chi connectivity index (χ3v) is 3.51. The lowest BCUT2D eigenvalue weighted by molar-refractivity contribution is -0.401. The van der Waals surface area contributed by atoms with E-state index < -0.39 is 10.8 Å². The molecule has 0 spiro atoms. The first-order valence-electron chi connectivity index (χ1n) is 7.09. The van der Waals surface area contributed by atoms with Crippen molar-refractivity contribution < 1.29 is 23.6 Å². The fraction of sp³-hybridized carbons (Fsp3) is 0.125. The molecule has 3 aromatic rings. The first-order valence-corrected chi connectivity index (χ1v) is 7.09. The molecular formula is C16H13N3O6. The summed E-state index contributed by atoms with van der Waals surface area (Å²) in [5, 5.41) is 15.0. The molecule has 0 aliphatic carbocycles. The number of nitrogens with zero attached hydrogens (tertiary/aromatic N) is 3. The Labute approximate surface area is 141 Å². The molecule has 0 atom stereocenters. The number of methoxy groups -OCH3 is 2. The van der Waals surface area contributed by atoms with Crippen molar-refractivity contribution in [3.8, 4) is 28.6 Å². The van der Waals surface area contributed by atoms with Gasteiger partial charge in [-0.1, -0.05) is 0 Å². The summed E-state index contributed by atoms with van der Waals surface area (Å²) in [5.74, 6) is 0.759. The molecule has 2 aromatic heterocycles. The Bertz CT molecular complexity index is 943. The van der Waals surface area contributed by atoms with Gasteiger partial charge in [0, 0.05) is 12.3 Å². The van der Waals surface area contributed by atoms with Crippen LogP contribution in [0.4, 0.5) is 5.88 Å². The summed E-state index contributed by atoms with van der Waals surface area (Å²) < 4.78 is 17.0. The smallest absolute Gasteiger partial charge is 0.433 e. The van der Waals surface area contributed by atoms with Gasteiger partial charge in [0.1, 0.15) is 10.6 Å². The Morgan fingerprint density at radius 1 is 1.20 bits per heavy atom. The highest BCUT2D eigenvalue weighted by molar-refractivity contribution is 5.84. The van der Waals surface area contributed by atoms with Gasteiger partial charge in [-0.2, -0.15) is 5.10 Å². The summed E-state index contributed by atoms with van der Waals surface area (Å²) in [4.78, 5) is 21.4. The van der Waals surface area contributed by atoms with E-state index >= 15 is 0 Å². The maximum Gasteiger partial charge on any atom is 0.433 e. The molecule has 128 valence electrons. The number of hydrogen-bond donors (Lipinski definition) is 0. The maximum atomic E-state index is 11.3. The van der Waals surface area contributed by atoms with Crippen molar-refractivity contribution in [3.05, 3.63) is 52.2 Å². The van der Waals surface area contributed by atoms with Crippen LogP contribution in [0, 0.1) is 10.1 Å². The summed E-state index contributed by atoms with van der Waals surface area (Å²) in [6, 6.07) is 7.73. The second-order valence-corrected chi connectivity index (χ2v) is 4.93. The van der Waals surface area contributed by atoms with Crippen LogP contribution in [-0.2, 0) is 0 Å². The van der Waals surface area contributed by atoms with Crippen LogP contribution in [-0.4, -0.2) is 35.2 Å². The second-order valence-electron chi connectivity index (χ2n) is 4.93. The predicted octanol–water partition coefficient (Wildman–Crippen LogP) is 2.87. The number of ether oxygens (including phenoxy) is 2. The van der Waals surface area contributed by atoms with Gasteiger partial charge >= 0.3 is 5.88 Å². The molecule has 0 amide bonds. The molecule has 0 aliphatic rings. The summed E-state index contributed by atoms with van der Waals surface area (Å²) in [5.41, 5.74) is 1.06. The second kappa shape index (κ2) is 6.48. The lowest BCUT2D eigenvalue weighted by Gasteiger charge is -2.09. The van der Waals surface area contributed by atoms with E-state index in [4.69, 9.17) is 13.9 Å². The monoisotopic (exact) mass is 343 g/mol. The molecule has 0 saturated carbocycles. The van der Waals surface area contributed by atoms with Crippen molar-refractivity contribution in [2.24, 2.45) is 0 Å². The zero-order valence-corrected chi connectivity index (χ0v) is 13.3. The molecule has 0 fully saturated rings. The van der Waals surface area contributed by atoms with Gasteiger partial charge < -0.3 is 13.9 Å². The number of hydrogen-bond acceptors (Lipinski definition) is 7. The Hall–Kier alpha value is -3.62. The van der Waals surface area contributed by atoms with Gasteiger partial charge in [-0.25, -0.2) is 4.68 Å². The number of nitro groups is 1. The Morgan fingerprint density at radius 3 is 2.56 bits per heavy atom. The third kappa shape index (κ3) is 2.94. The van der Waals surface area contributed by atoms with Gasteiger partial charge in [-0.3, -0.25) is 14.9 Å². The minimum Gasteiger partial charge on any atom is -0.493 e. The van der Waals surface area contributed by atoms with Gasteiger partial charge in [-0.05, 0) is 18.2 Å².